The van der Waals surface area contributed by atoms with E-state index in [4.69, 9.17) is 30.5 Å². The van der Waals surface area contributed by atoms with Crippen LogP contribution in [0.4, 0.5) is 5.69 Å². The quantitative estimate of drug-likeness (QED) is 0.851. The first-order chi connectivity index (χ1) is 11.6. The molecule has 7 heteroatoms. The van der Waals surface area contributed by atoms with Gasteiger partial charge in [0.15, 0.2) is 11.5 Å². The Bertz CT molecular complexity index is 806. The summed E-state index contributed by atoms with van der Waals surface area (Å²) in [6.45, 7) is 0.0647. The van der Waals surface area contributed by atoms with E-state index < -0.39 is 5.97 Å². The summed E-state index contributed by atoms with van der Waals surface area (Å²) in [6, 6.07) is 7.00. The van der Waals surface area contributed by atoms with Gasteiger partial charge in [-0.15, -0.1) is 0 Å². The Morgan fingerprint density at radius 3 is 2.67 bits per heavy atom. The number of carbonyl (C=O) groups is 1. The molecule has 2 aromatic carbocycles. The molecule has 0 aliphatic carbocycles. The average Bonchev–Trinajstić information content (AvgIpc) is 3.07. The van der Waals surface area contributed by atoms with E-state index in [-0.39, 0.29) is 6.79 Å². The summed E-state index contributed by atoms with van der Waals surface area (Å²) in [7, 11) is 4.60. The van der Waals surface area contributed by atoms with Crippen LogP contribution in [0.25, 0.3) is 11.1 Å². The van der Waals surface area contributed by atoms with E-state index in [1.54, 1.807) is 19.2 Å². The second-order valence-electron chi connectivity index (χ2n) is 5.00. The van der Waals surface area contributed by atoms with Crippen LogP contribution in [0.5, 0.6) is 17.2 Å². The summed E-state index contributed by atoms with van der Waals surface area (Å²) in [4.78, 5) is 12.3. The zero-order valence-electron chi connectivity index (χ0n) is 13.4. The van der Waals surface area contributed by atoms with Crippen molar-refractivity contribution in [1.29, 1.82) is 0 Å². The standard InChI is InChI=1S/C17H16ClNO5/c1-19-12-5-4-9(6-11(12)18)14-10(17(20)22-3)7-13-15(16(14)21-2)24-8-23-13/h4-7,19H,8H2,1-3H3. The van der Waals surface area contributed by atoms with E-state index >= 15 is 0 Å². The molecule has 0 spiro atoms. The molecule has 0 unspecified atom stereocenters. The molecule has 0 atom stereocenters. The number of fused-ring (bicyclic) bond motifs is 1. The van der Waals surface area contributed by atoms with Gasteiger partial charge in [-0.3, -0.25) is 0 Å². The Labute approximate surface area is 144 Å². The number of nitrogens with one attached hydrogen (secondary N) is 1. The molecule has 0 bridgehead atoms. The molecule has 1 aliphatic rings. The highest BCUT2D eigenvalue weighted by molar-refractivity contribution is 6.33. The van der Waals surface area contributed by atoms with Gasteiger partial charge < -0.3 is 24.3 Å². The lowest BCUT2D eigenvalue weighted by atomic mass is 9.97. The fourth-order valence-corrected chi connectivity index (χ4v) is 2.91. The van der Waals surface area contributed by atoms with Gasteiger partial charge in [-0.2, -0.15) is 0 Å². The van der Waals surface area contributed by atoms with E-state index in [0.29, 0.717) is 39.0 Å². The maximum atomic E-state index is 12.3. The molecule has 24 heavy (non-hydrogen) atoms. The monoisotopic (exact) mass is 349 g/mol. The zero-order chi connectivity index (χ0) is 17.3. The number of halogens is 1. The van der Waals surface area contributed by atoms with Crippen LogP contribution in [0.2, 0.25) is 5.02 Å². The third-order valence-corrected chi connectivity index (χ3v) is 4.07. The molecule has 0 saturated heterocycles. The smallest absolute Gasteiger partial charge is 0.338 e. The van der Waals surface area contributed by atoms with Gasteiger partial charge in [0.05, 0.1) is 30.5 Å². The van der Waals surface area contributed by atoms with E-state index in [2.05, 4.69) is 5.32 Å². The first-order valence-electron chi connectivity index (χ1n) is 7.17. The lowest BCUT2D eigenvalue weighted by molar-refractivity contribution is 0.0601. The minimum absolute atomic E-state index is 0.0647. The first kappa shape index (κ1) is 16.3. The third-order valence-electron chi connectivity index (χ3n) is 3.76. The van der Waals surface area contributed by atoms with Crippen molar-refractivity contribution in [3.05, 3.63) is 34.9 Å². The molecule has 6 nitrogen and oxygen atoms in total. The fourth-order valence-electron chi connectivity index (χ4n) is 2.64. The molecule has 0 saturated carbocycles. The number of anilines is 1. The Morgan fingerprint density at radius 2 is 2.04 bits per heavy atom. The summed E-state index contributed by atoms with van der Waals surface area (Å²) < 4.78 is 21.3. The molecular weight excluding hydrogens is 334 g/mol. The lowest BCUT2D eigenvalue weighted by Gasteiger charge is -2.16. The number of hydrogen-bond donors (Lipinski definition) is 1. The Balaban J connectivity index is 2.28. The van der Waals surface area contributed by atoms with Gasteiger partial charge in [0.2, 0.25) is 12.5 Å². The van der Waals surface area contributed by atoms with Crippen molar-refractivity contribution in [3.8, 4) is 28.4 Å². The minimum atomic E-state index is -0.504. The topological polar surface area (TPSA) is 66.0 Å². The molecule has 0 fully saturated rings. The summed E-state index contributed by atoms with van der Waals surface area (Å²) in [5.41, 5.74) is 2.33. The Morgan fingerprint density at radius 1 is 1.25 bits per heavy atom. The molecule has 126 valence electrons. The van der Waals surface area contributed by atoms with Crippen molar-refractivity contribution in [2.75, 3.05) is 33.4 Å². The van der Waals surface area contributed by atoms with Crippen molar-refractivity contribution in [1.82, 2.24) is 0 Å². The highest BCUT2D eigenvalue weighted by Gasteiger charge is 2.29. The maximum absolute atomic E-state index is 12.3. The molecule has 3 rings (SSSR count). The summed E-state index contributed by atoms with van der Waals surface area (Å²) in [5.74, 6) is 0.789. The van der Waals surface area contributed by atoms with Crippen molar-refractivity contribution in [2.45, 2.75) is 0 Å². The lowest BCUT2D eigenvalue weighted by Crippen LogP contribution is -2.05. The van der Waals surface area contributed by atoms with Gasteiger partial charge in [0, 0.05) is 12.6 Å². The van der Waals surface area contributed by atoms with E-state index in [1.807, 2.05) is 12.1 Å². The normalized spacial score (nSPS) is 12.0. The van der Waals surface area contributed by atoms with Crippen LogP contribution < -0.4 is 19.5 Å². The van der Waals surface area contributed by atoms with E-state index in [0.717, 1.165) is 5.69 Å². The summed E-state index contributed by atoms with van der Waals surface area (Å²) in [5, 5.41) is 3.51. The van der Waals surface area contributed by atoms with Gasteiger partial charge in [-0.25, -0.2) is 4.79 Å². The van der Waals surface area contributed by atoms with Crippen molar-refractivity contribution >= 4 is 23.3 Å². The van der Waals surface area contributed by atoms with Gasteiger partial charge >= 0.3 is 5.97 Å². The predicted octanol–water partition coefficient (Wildman–Crippen LogP) is 3.57. The highest BCUT2D eigenvalue weighted by atomic mass is 35.5. The van der Waals surface area contributed by atoms with Gasteiger partial charge in [0.1, 0.15) is 0 Å². The Hall–Kier alpha value is -2.60. The molecule has 2 aromatic rings. The van der Waals surface area contributed by atoms with Crippen LogP contribution in [0.15, 0.2) is 24.3 Å². The SMILES string of the molecule is CNc1ccc(-c2c(C(=O)OC)cc3c(c2OC)OCO3)cc1Cl. The van der Waals surface area contributed by atoms with Crippen molar-refractivity contribution in [2.24, 2.45) is 0 Å². The zero-order valence-corrected chi connectivity index (χ0v) is 14.2. The molecule has 0 aromatic heterocycles. The number of carbonyl (C=O) groups excluding carboxylic acids is 1. The van der Waals surface area contributed by atoms with E-state index in [9.17, 15) is 4.79 Å². The van der Waals surface area contributed by atoms with Crippen LogP contribution in [0.3, 0.4) is 0 Å². The van der Waals surface area contributed by atoms with Crippen LogP contribution in [-0.2, 0) is 4.74 Å². The van der Waals surface area contributed by atoms with Crippen LogP contribution in [0, 0.1) is 0 Å². The highest BCUT2D eigenvalue weighted by Crippen LogP contribution is 2.49. The second-order valence-corrected chi connectivity index (χ2v) is 5.41. The maximum Gasteiger partial charge on any atom is 0.338 e. The third kappa shape index (κ3) is 2.59. The molecule has 1 aliphatic heterocycles. The van der Waals surface area contributed by atoms with Crippen molar-refractivity contribution < 1.29 is 23.7 Å². The largest absolute Gasteiger partial charge is 0.492 e. The van der Waals surface area contributed by atoms with Crippen LogP contribution in [-0.4, -0.2) is 34.0 Å². The van der Waals surface area contributed by atoms with Crippen molar-refractivity contribution in [3.63, 3.8) is 0 Å². The van der Waals surface area contributed by atoms with E-state index in [1.165, 1.54) is 14.2 Å². The molecule has 1 heterocycles. The average molecular weight is 350 g/mol. The number of benzene rings is 2. The van der Waals surface area contributed by atoms with Gasteiger partial charge in [-0.05, 0) is 23.8 Å². The minimum Gasteiger partial charge on any atom is -0.492 e. The predicted molar refractivity (Wildman–Crippen MR) is 90.4 cm³/mol. The second kappa shape index (κ2) is 6.49. The summed E-state index contributed by atoms with van der Waals surface area (Å²) in [6.07, 6.45) is 0. The number of ether oxygens (including phenoxy) is 4. The summed E-state index contributed by atoms with van der Waals surface area (Å²) >= 11 is 6.28. The van der Waals surface area contributed by atoms with Crippen LogP contribution >= 0.6 is 11.6 Å². The van der Waals surface area contributed by atoms with Gasteiger partial charge in [-0.1, -0.05) is 17.7 Å². The van der Waals surface area contributed by atoms with Crippen LogP contribution in [0.1, 0.15) is 10.4 Å². The Kier molecular flexibility index (Phi) is 4.40. The molecule has 0 amide bonds. The number of methoxy groups -OCH3 is 2. The number of rotatable bonds is 4. The number of esters is 1. The number of hydrogen-bond acceptors (Lipinski definition) is 6. The molecule has 1 N–H and O–H groups in total. The molecular formula is C17H16ClNO5. The fraction of sp³-hybridized carbons (Fsp3) is 0.235. The first-order valence-corrected chi connectivity index (χ1v) is 7.55. The molecule has 0 radical (unpaired) electrons. The van der Waals surface area contributed by atoms with Gasteiger partial charge in [0.25, 0.3) is 0 Å².